The largest absolute Gasteiger partial charge is 0.421 e. The zero-order valence-electron chi connectivity index (χ0n) is 16.9. The molecule has 2 heterocycles. The maximum absolute atomic E-state index is 12.2. The summed E-state index contributed by atoms with van der Waals surface area (Å²) >= 11 is 0. The first-order valence-corrected chi connectivity index (χ1v) is 10.1. The Bertz CT molecular complexity index is 1030. The summed E-state index contributed by atoms with van der Waals surface area (Å²) in [5.41, 5.74) is 3.92. The first-order chi connectivity index (χ1) is 14.6. The van der Waals surface area contributed by atoms with Crippen LogP contribution in [0.15, 0.2) is 52.9 Å². The van der Waals surface area contributed by atoms with E-state index in [1.165, 1.54) is 0 Å². The number of aromatic nitrogens is 2. The maximum Gasteiger partial charge on any atom is 0.247 e. The Morgan fingerprint density at radius 3 is 2.57 bits per heavy atom. The van der Waals surface area contributed by atoms with Crippen LogP contribution in [0.25, 0.3) is 11.5 Å². The van der Waals surface area contributed by atoms with Crippen LogP contribution >= 0.6 is 0 Å². The maximum atomic E-state index is 12.2. The smallest absolute Gasteiger partial charge is 0.247 e. The summed E-state index contributed by atoms with van der Waals surface area (Å²) in [7, 11) is 0. The van der Waals surface area contributed by atoms with Crippen molar-refractivity contribution in [1.82, 2.24) is 15.5 Å². The van der Waals surface area contributed by atoms with Crippen molar-refractivity contribution in [2.75, 3.05) is 11.4 Å². The summed E-state index contributed by atoms with van der Waals surface area (Å²) in [6.45, 7) is 3.23. The van der Waals surface area contributed by atoms with Gasteiger partial charge in [-0.05, 0) is 43.2 Å². The molecule has 0 saturated carbocycles. The predicted molar refractivity (Wildman–Crippen MR) is 113 cm³/mol. The van der Waals surface area contributed by atoms with Crippen molar-refractivity contribution in [1.29, 1.82) is 0 Å². The number of nitrogens with zero attached hydrogens (tertiary/aromatic N) is 3. The second-order valence-electron chi connectivity index (χ2n) is 7.46. The Morgan fingerprint density at radius 2 is 1.87 bits per heavy atom. The molecule has 0 spiro atoms. The molecule has 4 rings (SSSR count). The molecular formula is C23H24N4O3. The third-order valence-electron chi connectivity index (χ3n) is 5.14. The SMILES string of the molecule is Cc1ccc(-c2nnc(CCC(=O)NCc3ccc(N4CCCC4=O)cc3)o2)cc1. The lowest BCUT2D eigenvalue weighted by Gasteiger charge is -2.16. The van der Waals surface area contributed by atoms with E-state index in [2.05, 4.69) is 15.5 Å². The van der Waals surface area contributed by atoms with Crippen molar-refractivity contribution < 1.29 is 14.0 Å². The van der Waals surface area contributed by atoms with Crippen LogP contribution < -0.4 is 10.2 Å². The third kappa shape index (κ3) is 4.74. The molecule has 3 aromatic rings. The first kappa shape index (κ1) is 19.8. The number of aryl methyl sites for hydroxylation is 2. The molecule has 154 valence electrons. The predicted octanol–water partition coefficient (Wildman–Crippen LogP) is 3.42. The molecule has 30 heavy (non-hydrogen) atoms. The first-order valence-electron chi connectivity index (χ1n) is 10.1. The molecule has 0 aliphatic carbocycles. The number of nitrogens with one attached hydrogen (secondary N) is 1. The number of benzene rings is 2. The molecule has 0 radical (unpaired) electrons. The van der Waals surface area contributed by atoms with Gasteiger partial charge in [-0.3, -0.25) is 9.59 Å². The lowest BCUT2D eigenvalue weighted by molar-refractivity contribution is -0.121. The normalized spacial score (nSPS) is 13.6. The van der Waals surface area contributed by atoms with Gasteiger partial charge in [-0.15, -0.1) is 10.2 Å². The Hall–Kier alpha value is -3.48. The van der Waals surface area contributed by atoms with Gasteiger partial charge in [-0.2, -0.15) is 0 Å². The minimum Gasteiger partial charge on any atom is -0.421 e. The van der Waals surface area contributed by atoms with E-state index in [1.807, 2.05) is 55.5 Å². The lowest BCUT2D eigenvalue weighted by Crippen LogP contribution is -2.24. The number of hydrogen-bond acceptors (Lipinski definition) is 5. The standard InChI is InChI=1S/C23H24N4O3/c1-16-4-8-18(9-5-16)23-26-25-21(30-23)13-12-20(28)24-15-17-6-10-19(11-7-17)27-14-2-3-22(27)29/h4-11H,2-3,12-15H2,1H3,(H,24,28). The number of rotatable bonds is 7. The zero-order chi connectivity index (χ0) is 20.9. The van der Waals surface area contributed by atoms with E-state index in [0.717, 1.165) is 35.3 Å². The van der Waals surface area contributed by atoms with E-state index in [4.69, 9.17) is 4.42 Å². The van der Waals surface area contributed by atoms with E-state index in [-0.39, 0.29) is 18.2 Å². The van der Waals surface area contributed by atoms with Gasteiger partial charge in [0.05, 0.1) is 0 Å². The average molecular weight is 404 g/mol. The van der Waals surface area contributed by atoms with Crippen LogP contribution in [0.5, 0.6) is 0 Å². The van der Waals surface area contributed by atoms with Gasteiger partial charge >= 0.3 is 0 Å². The number of hydrogen-bond donors (Lipinski definition) is 1. The van der Waals surface area contributed by atoms with Gasteiger partial charge < -0.3 is 14.6 Å². The van der Waals surface area contributed by atoms with Crippen LogP contribution in [0.3, 0.4) is 0 Å². The van der Waals surface area contributed by atoms with Gasteiger partial charge in [0, 0.05) is 43.6 Å². The van der Waals surface area contributed by atoms with Crippen LogP contribution in [-0.2, 0) is 22.6 Å². The highest BCUT2D eigenvalue weighted by atomic mass is 16.4. The molecule has 1 aliphatic heterocycles. The molecule has 1 N–H and O–H groups in total. The molecule has 7 nitrogen and oxygen atoms in total. The Morgan fingerprint density at radius 1 is 1.10 bits per heavy atom. The molecule has 2 aromatic carbocycles. The minimum absolute atomic E-state index is 0.0797. The second-order valence-corrected chi connectivity index (χ2v) is 7.46. The molecule has 1 aromatic heterocycles. The number of carbonyl (C=O) groups excluding carboxylic acids is 2. The van der Waals surface area contributed by atoms with Gasteiger partial charge in [0.25, 0.3) is 0 Å². The summed E-state index contributed by atoms with van der Waals surface area (Å²) < 4.78 is 5.66. The monoisotopic (exact) mass is 404 g/mol. The molecule has 0 unspecified atom stereocenters. The summed E-state index contributed by atoms with van der Waals surface area (Å²) in [5, 5.41) is 11.0. The van der Waals surface area contributed by atoms with Crippen molar-refractivity contribution in [3.8, 4) is 11.5 Å². The highest BCUT2D eigenvalue weighted by Crippen LogP contribution is 2.22. The molecule has 7 heteroatoms. The molecule has 1 saturated heterocycles. The fourth-order valence-electron chi connectivity index (χ4n) is 3.39. The van der Waals surface area contributed by atoms with E-state index in [0.29, 0.717) is 31.2 Å². The molecule has 1 aliphatic rings. The summed E-state index contributed by atoms with van der Waals surface area (Å²) in [4.78, 5) is 25.8. The topological polar surface area (TPSA) is 88.3 Å². The number of amides is 2. The quantitative estimate of drug-likeness (QED) is 0.652. The molecule has 2 amide bonds. The Labute approximate surface area is 175 Å². The molecule has 1 fully saturated rings. The van der Waals surface area contributed by atoms with E-state index in [1.54, 1.807) is 4.90 Å². The second kappa shape index (κ2) is 8.90. The van der Waals surface area contributed by atoms with Gasteiger partial charge in [-0.25, -0.2) is 0 Å². The highest BCUT2D eigenvalue weighted by Gasteiger charge is 2.21. The summed E-state index contributed by atoms with van der Waals surface area (Å²) in [6, 6.07) is 15.6. The Balaban J connectivity index is 1.24. The highest BCUT2D eigenvalue weighted by molar-refractivity contribution is 5.95. The minimum atomic E-state index is -0.0797. The van der Waals surface area contributed by atoms with Crippen molar-refractivity contribution in [2.45, 2.75) is 39.2 Å². The lowest BCUT2D eigenvalue weighted by atomic mass is 10.1. The average Bonchev–Trinajstić information content (AvgIpc) is 3.41. The van der Waals surface area contributed by atoms with Gasteiger partial charge in [0.2, 0.25) is 23.6 Å². The fraction of sp³-hybridized carbons (Fsp3) is 0.304. The van der Waals surface area contributed by atoms with Crippen LogP contribution in [-0.4, -0.2) is 28.6 Å². The van der Waals surface area contributed by atoms with Crippen molar-refractivity contribution >= 4 is 17.5 Å². The summed E-state index contributed by atoms with van der Waals surface area (Å²) in [5.74, 6) is 0.994. The van der Waals surface area contributed by atoms with E-state index >= 15 is 0 Å². The number of carbonyl (C=O) groups is 2. The van der Waals surface area contributed by atoms with Crippen molar-refractivity contribution in [3.63, 3.8) is 0 Å². The van der Waals surface area contributed by atoms with Gasteiger partial charge in [0.1, 0.15) is 0 Å². The van der Waals surface area contributed by atoms with Crippen molar-refractivity contribution in [2.24, 2.45) is 0 Å². The fourth-order valence-corrected chi connectivity index (χ4v) is 3.39. The Kier molecular flexibility index (Phi) is 5.88. The van der Waals surface area contributed by atoms with Crippen LogP contribution in [0.4, 0.5) is 5.69 Å². The third-order valence-corrected chi connectivity index (χ3v) is 5.14. The van der Waals surface area contributed by atoms with Crippen LogP contribution in [0.2, 0.25) is 0 Å². The molecule has 0 atom stereocenters. The number of anilines is 1. The van der Waals surface area contributed by atoms with E-state index < -0.39 is 0 Å². The van der Waals surface area contributed by atoms with Crippen LogP contribution in [0, 0.1) is 6.92 Å². The zero-order valence-corrected chi connectivity index (χ0v) is 16.9. The molecule has 0 bridgehead atoms. The van der Waals surface area contributed by atoms with Gasteiger partial charge in [-0.1, -0.05) is 29.8 Å². The molecular weight excluding hydrogens is 380 g/mol. The summed E-state index contributed by atoms with van der Waals surface area (Å²) in [6.07, 6.45) is 2.18. The van der Waals surface area contributed by atoms with Crippen LogP contribution in [0.1, 0.15) is 36.3 Å². The van der Waals surface area contributed by atoms with Crippen molar-refractivity contribution in [3.05, 3.63) is 65.5 Å². The van der Waals surface area contributed by atoms with Gasteiger partial charge in [0.15, 0.2) is 0 Å². The van der Waals surface area contributed by atoms with E-state index in [9.17, 15) is 9.59 Å².